The number of carbonyl (C=O) groups excluding carboxylic acids is 2. The van der Waals surface area contributed by atoms with E-state index < -0.39 is 0 Å². The molecular weight excluding hydrogens is 396 g/mol. The summed E-state index contributed by atoms with van der Waals surface area (Å²) in [6.07, 6.45) is 0.572. The molecule has 0 aromatic heterocycles. The molecule has 31 heavy (non-hydrogen) atoms. The highest BCUT2D eigenvalue weighted by Crippen LogP contribution is 2.36. The van der Waals surface area contributed by atoms with Gasteiger partial charge in [0.15, 0.2) is 11.5 Å². The second kappa shape index (κ2) is 10.1. The zero-order valence-corrected chi connectivity index (χ0v) is 18.4. The highest BCUT2D eigenvalue weighted by atomic mass is 16.5. The fourth-order valence-electron chi connectivity index (χ4n) is 3.47. The molecule has 1 aliphatic rings. The van der Waals surface area contributed by atoms with Crippen LogP contribution in [0.4, 0.5) is 5.69 Å². The van der Waals surface area contributed by atoms with Crippen LogP contribution in [0.5, 0.6) is 11.5 Å². The van der Waals surface area contributed by atoms with Crippen LogP contribution in [0, 0.1) is 6.92 Å². The fraction of sp³-hybridized carbons (Fsp3) is 0.333. The Morgan fingerprint density at radius 3 is 2.39 bits per heavy atom. The summed E-state index contributed by atoms with van der Waals surface area (Å²) in [5.41, 5.74) is 2.89. The second-order valence-corrected chi connectivity index (χ2v) is 7.07. The van der Waals surface area contributed by atoms with Crippen LogP contribution in [-0.4, -0.2) is 50.7 Å². The number of hydrogen-bond acceptors (Lipinski definition) is 6. The molecule has 0 radical (unpaired) electrons. The molecule has 2 aromatic rings. The Bertz CT molecular complexity index is 999. The number of rotatable bonds is 10. The van der Waals surface area contributed by atoms with Crippen LogP contribution >= 0.6 is 0 Å². The van der Waals surface area contributed by atoms with E-state index in [9.17, 15) is 9.59 Å². The van der Waals surface area contributed by atoms with Crippen molar-refractivity contribution in [2.45, 2.75) is 20.3 Å². The van der Waals surface area contributed by atoms with E-state index >= 15 is 0 Å². The van der Waals surface area contributed by atoms with Crippen LogP contribution in [0.2, 0.25) is 0 Å². The third kappa shape index (κ3) is 4.72. The van der Waals surface area contributed by atoms with Gasteiger partial charge in [0, 0.05) is 25.4 Å². The highest BCUT2D eigenvalue weighted by molar-refractivity contribution is 6.36. The second-order valence-electron chi connectivity index (χ2n) is 7.07. The number of aryl methyl sites for hydroxylation is 1. The quantitative estimate of drug-likeness (QED) is 0.464. The number of para-hydroxylation sites is 1. The van der Waals surface area contributed by atoms with Gasteiger partial charge in [-0.05, 0) is 49.6 Å². The summed E-state index contributed by atoms with van der Waals surface area (Å²) in [4.78, 5) is 27.8. The molecule has 1 aliphatic heterocycles. The van der Waals surface area contributed by atoms with Crippen molar-refractivity contribution in [1.82, 2.24) is 4.90 Å². The first-order valence-corrected chi connectivity index (χ1v) is 10.2. The molecule has 0 unspecified atom stereocenters. The molecule has 0 fully saturated rings. The van der Waals surface area contributed by atoms with Crippen molar-refractivity contribution in [3.8, 4) is 11.5 Å². The number of carbonyl (C=O) groups is 2. The largest absolute Gasteiger partial charge is 0.493 e. The number of imide groups is 1. The van der Waals surface area contributed by atoms with E-state index in [1.54, 1.807) is 25.3 Å². The number of benzene rings is 2. The van der Waals surface area contributed by atoms with Gasteiger partial charge in [-0.2, -0.15) is 0 Å². The standard InChI is InChI=1S/C24H28N2O5/c1-5-31-14-8-13-26-23(27)21(17-11-12-19(29-3)20(15-17)30-4)22(24(26)28)25-18-10-7-6-9-16(18)2/h6-7,9-12,15,25H,5,8,13-14H2,1-4H3. The van der Waals surface area contributed by atoms with Gasteiger partial charge in [-0.3, -0.25) is 14.5 Å². The van der Waals surface area contributed by atoms with Crippen molar-refractivity contribution in [2.24, 2.45) is 0 Å². The summed E-state index contributed by atoms with van der Waals surface area (Å²) < 4.78 is 16.1. The number of anilines is 1. The summed E-state index contributed by atoms with van der Waals surface area (Å²) >= 11 is 0. The average Bonchev–Trinajstić information content (AvgIpc) is 3.01. The van der Waals surface area contributed by atoms with Crippen LogP contribution in [0.15, 0.2) is 48.2 Å². The summed E-state index contributed by atoms with van der Waals surface area (Å²) in [5, 5.41) is 3.20. The smallest absolute Gasteiger partial charge is 0.278 e. The third-order valence-corrected chi connectivity index (χ3v) is 5.12. The summed E-state index contributed by atoms with van der Waals surface area (Å²) in [6.45, 7) is 5.22. The topological polar surface area (TPSA) is 77.1 Å². The zero-order chi connectivity index (χ0) is 22.4. The van der Waals surface area contributed by atoms with Crippen molar-refractivity contribution in [1.29, 1.82) is 0 Å². The lowest BCUT2D eigenvalue weighted by atomic mass is 10.0. The molecular formula is C24H28N2O5. The molecule has 0 bridgehead atoms. The predicted octanol–water partition coefficient (Wildman–Crippen LogP) is 3.63. The molecule has 7 nitrogen and oxygen atoms in total. The third-order valence-electron chi connectivity index (χ3n) is 5.12. The first-order valence-electron chi connectivity index (χ1n) is 10.2. The van der Waals surface area contributed by atoms with Crippen molar-refractivity contribution >= 4 is 23.1 Å². The summed E-state index contributed by atoms with van der Waals surface area (Å²) in [7, 11) is 3.08. The lowest BCUT2D eigenvalue weighted by Gasteiger charge is -2.15. The minimum Gasteiger partial charge on any atom is -0.493 e. The monoisotopic (exact) mass is 424 g/mol. The molecule has 3 rings (SSSR count). The normalized spacial score (nSPS) is 13.7. The van der Waals surface area contributed by atoms with E-state index in [4.69, 9.17) is 14.2 Å². The van der Waals surface area contributed by atoms with Crippen molar-refractivity contribution in [2.75, 3.05) is 39.3 Å². The Morgan fingerprint density at radius 2 is 1.71 bits per heavy atom. The van der Waals surface area contributed by atoms with Gasteiger partial charge < -0.3 is 19.5 Å². The maximum Gasteiger partial charge on any atom is 0.278 e. The lowest BCUT2D eigenvalue weighted by molar-refractivity contribution is -0.137. The van der Waals surface area contributed by atoms with Gasteiger partial charge in [-0.1, -0.05) is 24.3 Å². The molecule has 0 saturated carbocycles. The Balaban J connectivity index is 2.02. The van der Waals surface area contributed by atoms with E-state index in [0.717, 1.165) is 11.3 Å². The number of nitrogens with one attached hydrogen (secondary N) is 1. The number of amides is 2. The SMILES string of the molecule is CCOCCCN1C(=O)C(Nc2ccccc2C)=C(c2ccc(OC)c(OC)c2)C1=O. The van der Waals surface area contributed by atoms with E-state index in [2.05, 4.69) is 5.32 Å². The van der Waals surface area contributed by atoms with Crippen molar-refractivity contribution in [3.63, 3.8) is 0 Å². The van der Waals surface area contributed by atoms with Crippen molar-refractivity contribution in [3.05, 3.63) is 59.3 Å². The van der Waals surface area contributed by atoms with Crippen LogP contribution in [0.1, 0.15) is 24.5 Å². The predicted molar refractivity (Wildman–Crippen MR) is 119 cm³/mol. The van der Waals surface area contributed by atoms with Gasteiger partial charge in [-0.15, -0.1) is 0 Å². The molecule has 7 heteroatoms. The minimum absolute atomic E-state index is 0.253. The van der Waals surface area contributed by atoms with Crippen LogP contribution in [0.25, 0.3) is 5.57 Å². The molecule has 1 heterocycles. The number of nitrogens with zero attached hydrogens (tertiary/aromatic N) is 1. The van der Waals surface area contributed by atoms with E-state index in [0.29, 0.717) is 42.3 Å². The van der Waals surface area contributed by atoms with Crippen LogP contribution < -0.4 is 14.8 Å². The number of hydrogen-bond donors (Lipinski definition) is 1. The molecule has 2 amide bonds. The fourth-order valence-corrected chi connectivity index (χ4v) is 3.47. The highest BCUT2D eigenvalue weighted by Gasteiger charge is 2.39. The van der Waals surface area contributed by atoms with E-state index in [1.807, 2.05) is 38.1 Å². The summed E-state index contributed by atoms with van der Waals surface area (Å²) in [5.74, 6) is 0.336. The van der Waals surface area contributed by atoms with Gasteiger partial charge in [0.25, 0.3) is 11.8 Å². The average molecular weight is 424 g/mol. The number of ether oxygens (including phenoxy) is 3. The van der Waals surface area contributed by atoms with Crippen LogP contribution in [0.3, 0.4) is 0 Å². The first kappa shape index (κ1) is 22.4. The zero-order valence-electron chi connectivity index (χ0n) is 18.4. The minimum atomic E-state index is -0.352. The molecule has 0 saturated heterocycles. The van der Waals surface area contributed by atoms with Crippen LogP contribution in [-0.2, 0) is 14.3 Å². The Labute approximate surface area is 182 Å². The Kier molecular flexibility index (Phi) is 7.31. The maximum absolute atomic E-state index is 13.3. The molecule has 0 atom stereocenters. The maximum atomic E-state index is 13.3. The van der Waals surface area contributed by atoms with Gasteiger partial charge in [0.1, 0.15) is 5.70 Å². The van der Waals surface area contributed by atoms with E-state index in [1.165, 1.54) is 12.0 Å². The number of methoxy groups -OCH3 is 2. The van der Waals surface area contributed by atoms with Gasteiger partial charge >= 0.3 is 0 Å². The van der Waals surface area contributed by atoms with Gasteiger partial charge in [0.2, 0.25) is 0 Å². The Morgan fingerprint density at radius 1 is 0.968 bits per heavy atom. The van der Waals surface area contributed by atoms with E-state index in [-0.39, 0.29) is 24.1 Å². The molecule has 1 N–H and O–H groups in total. The molecule has 0 spiro atoms. The van der Waals surface area contributed by atoms with Gasteiger partial charge in [0.05, 0.1) is 19.8 Å². The Hall–Kier alpha value is -3.32. The van der Waals surface area contributed by atoms with Crippen molar-refractivity contribution < 1.29 is 23.8 Å². The first-order chi connectivity index (χ1) is 15.0. The lowest BCUT2D eigenvalue weighted by Crippen LogP contribution is -2.34. The molecule has 2 aromatic carbocycles. The van der Waals surface area contributed by atoms with Gasteiger partial charge in [-0.25, -0.2) is 0 Å². The summed E-state index contributed by atoms with van der Waals surface area (Å²) in [6, 6.07) is 12.8. The molecule has 0 aliphatic carbocycles. The molecule has 164 valence electrons.